The number of carbonyl (C=O) groups is 2. The predicted octanol–water partition coefficient (Wildman–Crippen LogP) is 2.80. The first-order valence-corrected chi connectivity index (χ1v) is 7.35. The molecular formula is C18H12FNO4. The van der Waals surface area contributed by atoms with E-state index in [1.165, 1.54) is 18.2 Å². The highest BCUT2D eigenvalue weighted by Gasteiger charge is 2.32. The molecule has 0 atom stereocenters. The van der Waals surface area contributed by atoms with Gasteiger partial charge in [0.25, 0.3) is 5.91 Å². The van der Waals surface area contributed by atoms with Crippen LogP contribution in [0.5, 0.6) is 0 Å². The Morgan fingerprint density at radius 3 is 2.83 bits per heavy atom. The number of anilines is 1. The van der Waals surface area contributed by atoms with Crippen LogP contribution < -0.4 is 5.32 Å². The Morgan fingerprint density at radius 2 is 2.04 bits per heavy atom. The maximum atomic E-state index is 13.6. The minimum atomic E-state index is -0.910. The molecule has 2 aromatic rings. The molecule has 0 aromatic heterocycles. The lowest BCUT2D eigenvalue weighted by molar-refractivity contribution is -0.136. The van der Waals surface area contributed by atoms with Crippen LogP contribution in [0.15, 0.2) is 36.4 Å². The van der Waals surface area contributed by atoms with Gasteiger partial charge in [-0.05, 0) is 23.8 Å². The van der Waals surface area contributed by atoms with E-state index in [-0.39, 0.29) is 18.9 Å². The van der Waals surface area contributed by atoms with Crippen molar-refractivity contribution >= 4 is 28.9 Å². The number of nitrogens with one attached hydrogen (secondary N) is 1. The smallest absolute Gasteiger partial charge is 0.307 e. The average Bonchev–Trinajstić information content (AvgIpc) is 3.06. The second kappa shape index (κ2) is 5.19. The quantitative estimate of drug-likeness (QED) is 0.833. The van der Waals surface area contributed by atoms with Crippen LogP contribution in [-0.4, -0.2) is 17.0 Å². The average molecular weight is 325 g/mol. The summed E-state index contributed by atoms with van der Waals surface area (Å²) in [7, 11) is 0. The van der Waals surface area contributed by atoms with E-state index < -0.39 is 11.8 Å². The number of carboxylic acids is 1. The van der Waals surface area contributed by atoms with Gasteiger partial charge in [-0.3, -0.25) is 9.59 Å². The van der Waals surface area contributed by atoms with Crippen molar-refractivity contribution in [2.24, 2.45) is 0 Å². The van der Waals surface area contributed by atoms with Crippen LogP contribution in [0.25, 0.3) is 11.3 Å². The van der Waals surface area contributed by atoms with Gasteiger partial charge in [0.2, 0.25) is 0 Å². The van der Waals surface area contributed by atoms with E-state index in [2.05, 4.69) is 5.32 Å². The Kier molecular flexibility index (Phi) is 3.13. The number of halogens is 1. The number of fused-ring (bicyclic) bond motifs is 2. The topological polar surface area (TPSA) is 75.6 Å². The Bertz CT molecular complexity index is 933. The molecule has 1 amide bonds. The first kappa shape index (κ1) is 14.4. The summed E-state index contributed by atoms with van der Waals surface area (Å²) in [5.41, 5.74) is 3.52. The molecular weight excluding hydrogens is 313 g/mol. The number of carboxylic acid groups (broad SMARTS) is 1. The number of hydrogen-bond acceptors (Lipinski definition) is 3. The number of aliphatic carboxylic acids is 1. The molecule has 0 unspecified atom stereocenters. The summed E-state index contributed by atoms with van der Waals surface area (Å²) in [4.78, 5) is 23.1. The number of amides is 1. The van der Waals surface area contributed by atoms with E-state index in [0.717, 1.165) is 11.1 Å². The molecule has 2 aliphatic rings. The van der Waals surface area contributed by atoms with Crippen LogP contribution in [0.2, 0.25) is 0 Å². The second-order valence-electron chi connectivity index (χ2n) is 5.70. The zero-order valence-electron chi connectivity index (χ0n) is 12.4. The van der Waals surface area contributed by atoms with Gasteiger partial charge in [0, 0.05) is 22.4 Å². The van der Waals surface area contributed by atoms with Crippen molar-refractivity contribution in [1.29, 1.82) is 0 Å². The summed E-state index contributed by atoms with van der Waals surface area (Å²) in [5, 5.41) is 11.6. The number of benzene rings is 2. The minimum absolute atomic E-state index is 0.0757. The SMILES string of the molecule is O=C(O)Cc1ccc2c(c1)CO/C2=C1/C(=O)Nc2ccc(F)cc21. The van der Waals surface area contributed by atoms with Gasteiger partial charge in [0.1, 0.15) is 18.2 Å². The lowest BCUT2D eigenvalue weighted by Crippen LogP contribution is -2.05. The molecule has 2 heterocycles. The van der Waals surface area contributed by atoms with E-state index in [9.17, 15) is 14.0 Å². The number of rotatable bonds is 2. The molecule has 2 N–H and O–H groups in total. The van der Waals surface area contributed by atoms with Crippen LogP contribution in [0.3, 0.4) is 0 Å². The van der Waals surface area contributed by atoms with E-state index in [0.29, 0.717) is 28.1 Å². The predicted molar refractivity (Wildman–Crippen MR) is 84.4 cm³/mol. The standard InChI is InChI=1S/C18H12FNO4/c19-11-2-4-14-13(7-11)16(18(23)20-14)17-12-3-1-9(6-15(21)22)5-10(12)8-24-17/h1-5,7H,6,8H2,(H,20,23)(H,21,22)/b17-16+. The summed E-state index contributed by atoms with van der Waals surface area (Å²) in [6.07, 6.45) is -0.0757. The molecule has 24 heavy (non-hydrogen) atoms. The van der Waals surface area contributed by atoms with Crippen LogP contribution in [0, 0.1) is 5.82 Å². The summed E-state index contributed by atoms with van der Waals surface area (Å²) in [6, 6.07) is 9.30. The molecule has 120 valence electrons. The highest BCUT2D eigenvalue weighted by molar-refractivity contribution is 6.36. The molecule has 0 bridgehead atoms. The molecule has 0 fully saturated rings. The Hall–Kier alpha value is -3.15. The van der Waals surface area contributed by atoms with Crippen molar-refractivity contribution in [3.8, 4) is 0 Å². The molecule has 5 nitrogen and oxygen atoms in total. The van der Waals surface area contributed by atoms with Crippen LogP contribution in [0.4, 0.5) is 10.1 Å². The van der Waals surface area contributed by atoms with Crippen molar-refractivity contribution in [2.75, 3.05) is 5.32 Å². The van der Waals surface area contributed by atoms with Gasteiger partial charge in [0.05, 0.1) is 12.0 Å². The fraction of sp³-hybridized carbons (Fsp3) is 0.111. The molecule has 2 aliphatic heterocycles. The lowest BCUT2D eigenvalue weighted by atomic mass is 9.98. The normalized spacial score (nSPS) is 18.0. The van der Waals surface area contributed by atoms with Crippen molar-refractivity contribution in [3.05, 3.63) is 64.5 Å². The van der Waals surface area contributed by atoms with Crippen LogP contribution in [-0.2, 0) is 27.4 Å². The van der Waals surface area contributed by atoms with Crippen molar-refractivity contribution < 1.29 is 23.8 Å². The lowest BCUT2D eigenvalue weighted by Gasteiger charge is -2.05. The molecule has 0 saturated heterocycles. The van der Waals surface area contributed by atoms with Crippen LogP contribution >= 0.6 is 0 Å². The van der Waals surface area contributed by atoms with Gasteiger partial charge >= 0.3 is 5.97 Å². The van der Waals surface area contributed by atoms with E-state index in [4.69, 9.17) is 9.84 Å². The summed E-state index contributed by atoms with van der Waals surface area (Å²) < 4.78 is 19.2. The van der Waals surface area contributed by atoms with Crippen LogP contribution in [0.1, 0.15) is 22.3 Å². The fourth-order valence-electron chi connectivity index (χ4n) is 3.07. The van der Waals surface area contributed by atoms with Gasteiger partial charge in [-0.2, -0.15) is 0 Å². The fourth-order valence-corrected chi connectivity index (χ4v) is 3.07. The number of hydrogen-bond donors (Lipinski definition) is 2. The third kappa shape index (κ3) is 2.23. The highest BCUT2D eigenvalue weighted by atomic mass is 19.1. The first-order chi connectivity index (χ1) is 11.5. The first-order valence-electron chi connectivity index (χ1n) is 7.35. The van der Waals surface area contributed by atoms with Gasteiger partial charge in [0.15, 0.2) is 0 Å². The van der Waals surface area contributed by atoms with Gasteiger partial charge in [-0.1, -0.05) is 18.2 Å². The van der Waals surface area contributed by atoms with Gasteiger partial charge in [-0.25, -0.2) is 4.39 Å². The third-order valence-corrected chi connectivity index (χ3v) is 4.09. The number of ether oxygens (including phenoxy) is 1. The molecule has 2 aromatic carbocycles. The largest absolute Gasteiger partial charge is 0.487 e. The number of carbonyl (C=O) groups excluding carboxylic acids is 1. The van der Waals surface area contributed by atoms with Crippen molar-refractivity contribution in [3.63, 3.8) is 0 Å². The summed E-state index contributed by atoms with van der Waals surface area (Å²) >= 11 is 0. The minimum Gasteiger partial charge on any atom is -0.487 e. The maximum absolute atomic E-state index is 13.6. The zero-order chi connectivity index (χ0) is 16.8. The Labute approximate surface area is 136 Å². The Morgan fingerprint density at radius 1 is 1.21 bits per heavy atom. The van der Waals surface area contributed by atoms with Crippen molar-refractivity contribution in [2.45, 2.75) is 13.0 Å². The molecule has 0 aliphatic carbocycles. The Balaban J connectivity index is 1.83. The van der Waals surface area contributed by atoms with Gasteiger partial charge < -0.3 is 15.2 Å². The van der Waals surface area contributed by atoms with Crippen molar-refractivity contribution in [1.82, 2.24) is 0 Å². The van der Waals surface area contributed by atoms with E-state index in [1.807, 2.05) is 0 Å². The molecule has 4 rings (SSSR count). The zero-order valence-corrected chi connectivity index (χ0v) is 12.4. The van der Waals surface area contributed by atoms with Gasteiger partial charge in [-0.15, -0.1) is 0 Å². The molecule has 6 heteroatoms. The maximum Gasteiger partial charge on any atom is 0.307 e. The van der Waals surface area contributed by atoms with E-state index in [1.54, 1.807) is 18.2 Å². The summed E-state index contributed by atoms with van der Waals surface area (Å²) in [5.74, 6) is -1.29. The summed E-state index contributed by atoms with van der Waals surface area (Å²) in [6.45, 7) is 0.250. The monoisotopic (exact) mass is 325 g/mol. The third-order valence-electron chi connectivity index (χ3n) is 4.09. The van der Waals surface area contributed by atoms with E-state index >= 15 is 0 Å². The molecule has 0 radical (unpaired) electrons. The highest BCUT2D eigenvalue weighted by Crippen LogP contribution is 2.41. The molecule has 0 spiro atoms. The molecule has 0 saturated carbocycles. The second-order valence-corrected chi connectivity index (χ2v) is 5.70.